The van der Waals surface area contributed by atoms with E-state index in [1.54, 1.807) is 6.92 Å². The van der Waals surface area contributed by atoms with E-state index in [0.717, 1.165) is 6.42 Å². The Morgan fingerprint density at radius 1 is 1.24 bits per heavy atom. The van der Waals surface area contributed by atoms with Gasteiger partial charge in [-0.3, -0.25) is 0 Å². The molecule has 0 heterocycles. The Morgan fingerprint density at radius 2 is 1.80 bits per heavy atom. The molecular weight excluding hydrogens is 337 g/mol. The Hall–Kier alpha value is -1.08. The van der Waals surface area contributed by atoms with Crippen molar-refractivity contribution in [2.75, 3.05) is 6.61 Å². The average Bonchev–Trinajstić information content (AvgIpc) is 2.96. The van der Waals surface area contributed by atoms with E-state index in [1.807, 2.05) is 13.8 Å². The van der Waals surface area contributed by atoms with Crippen molar-refractivity contribution in [2.24, 2.45) is 5.92 Å². The minimum absolute atomic E-state index is 0.213. The Kier molecular flexibility index (Phi) is 7.10. The van der Waals surface area contributed by atoms with Gasteiger partial charge in [-0.1, -0.05) is 20.4 Å². The second kappa shape index (κ2) is 8.08. The van der Waals surface area contributed by atoms with Gasteiger partial charge in [-0.05, 0) is 46.0 Å². The monoisotopic (exact) mass is 366 g/mol. The first-order chi connectivity index (χ1) is 11.4. The summed E-state index contributed by atoms with van der Waals surface area (Å²) in [5, 5.41) is 9.69. The van der Waals surface area contributed by atoms with Crippen LogP contribution in [0.4, 0.5) is 13.2 Å². The zero-order chi connectivity index (χ0) is 19.5. The molecule has 1 N–H and O–H groups in total. The smallest absolute Gasteiger partial charge is 0.419 e. The van der Waals surface area contributed by atoms with Gasteiger partial charge in [-0.25, -0.2) is 4.79 Å². The number of rotatable bonds is 8. The zero-order valence-corrected chi connectivity index (χ0v) is 15.4. The molecule has 1 rings (SSSR count). The predicted octanol–water partition coefficient (Wildman–Crippen LogP) is 4.16. The molecule has 0 saturated heterocycles. The number of alkyl halides is 3. The fourth-order valence-electron chi connectivity index (χ4n) is 3.36. The molecule has 4 nitrogen and oxygen atoms in total. The van der Waals surface area contributed by atoms with E-state index in [4.69, 9.17) is 9.47 Å². The van der Waals surface area contributed by atoms with Crippen molar-refractivity contribution < 1.29 is 32.5 Å². The number of ether oxygens (including phenoxy) is 2. The van der Waals surface area contributed by atoms with Crippen molar-refractivity contribution in [3.05, 3.63) is 12.2 Å². The fraction of sp³-hybridized carbons (Fsp3) is 0.833. The number of hydrogen-bond donors (Lipinski definition) is 1. The van der Waals surface area contributed by atoms with Crippen LogP contribution in [0.25, 0.3) is 0 Å². The van der Waals surface area contributed by atoms with Gasteiger partial charge in [0.1, 0.15) is 6.10 Å². The number of halogens is 3. The molecule has 7 heteroatoms. The van der Waals surface area contributed by atoms with Crippen LogP contribution in [0.5, 0.6) is 0 Å². The molecule has 0 radical (unpaired) electrons. The van der Waals surface area contributed by atoms with Gasteiger partial charge in [0, 0.05) is 11.5 Å². The lowest BCUT2D eigenvalue weighted by Crippen LogP contribution is -2.52. The third kappa shape index (κ3) is 4.97. The first-order valence-electron chi connectivity index (χ1n) is 8.69. The van der Waals surface area contributed by atoms with Gasteiger partial charge < -0.3 is 14.6 Å². The van der Waals surface area contributed by atoms with Crippen molar-refractivity contribution in [3.8, 4) is 0 Å². The maximum Gasteiger partial charge on any atom is 0.419 e. The lowest BCUT2D eigenvalue weighted by atomic mass is 9.80. The molecule has 0 aromatic carbocycles. The summed E-state index contributed by atoms with van der Waals surface area (Å²) in [6.07, 6.45) is -2.12. The lowest BCUT2D eigenvalue weighted by molar-refractivity contribution is -0.282. The van der Waals surface area contributed by atoms with E-state index < -0.39 is 36.1 Å². The molecule has 25 heavy (non-hydrogen) atoms. The molecule has 0 bridgehead atoms. The molecule has 0 aromatic rings. The van der Waals surface area contributed by atoms with Crippen molar-refractivity contribution in [2.45, 2.75) is 83.3 Å². The Labute approximate surface area is 147 Å². The van der Waals surface area contributed by atoms with Crippen molar-refractivity contribution in [1.82, 2.24) is 0 Å². The van der Waals surface area contributed by atoms with E-state index >= 15 is 0 Å². The van der Waals surface area contributed by atoms with Crippen LogP contribution in [-0.2, 0) is 14.3 Å². The zero-order valence-electron chi connectivity index (χ0n) is 15.4. The molecule has 1 aliphatic rings. The number of esters is 1. The highest BCUT2D eigenvalue weighted by molar-refractivity contribution is 5.87. The first kappa shape index (κ1) is 22.0. The third-order valence-electron chi connectivity index (χ3n) is 5.18. The Morgan fingerprint density at radius 3 is 2.24 bits per heavy atom. The summed E-state index contributed by atoms with van der Waals surface area (Å²) >= 11 is 0. The maximum absolute atomic E-state index is 12.9. The standard InChI is InChI=1S/C18H29F3O4/c1-6-17(7-2,24-11-16(5,23)18(19,20)21)13-9-8-10-14(13)25-15(22)12(3)4/h13-14,23H,3,6-11H2,1-2,4-5H3. The van der Waals surface area contributed by atoms with Gasteiger partial charge in [0.2, 0.25) is 0 Å². The summed E-state index contributed by atoms with van der Waals surface area (Å²) < 4.78 is 49.9. The minimum Gasteiger partial charge on any atom is -0.459 e. The minimum atomic E-state index is -4.78. The largest absolute Gasteiger partial charge is 0.459 e. The van der Waals surface area contributed by atoms with E-state index in [0.29, 0.717) is 32.6 Å². The fourth-order valence-corrected chi connectivity index (χ4v) is 3.36. The number of aliphatic hydroxyl groups is 1. The van der Waals surface area contributed by atoms with E-state index in [1.165, 1.54) is 0 Å². The molecule has 0 amide bonds. The van der Waals surface area contributed by atoms with Crippen LogP contribution in [-0.4, -0.2) is 41.2 Å². The van der Waals surface area contributed by atoms with Gasteiger partial charge in [0.15, 0.2) is 5.60 Å². The van der Waals surface area contributed by atoms with Crippen LogP contribution in [0, 0.1) is 5.92 Å². The molecule has 3 unspecified atom stereocenters. The van der Waals surface area contributed by atoms with E-state index in [-0.39, 0.29) is 11.5 Å². The predicted molar refractivity (Wildman–Crippen MR) is 88.0 cm³/mol. The molecule has 1 saturated carbocycles. The molecule has 3 atom stereocenters. The molecule has 1 aliphatic carbocycles. The van der Waals surface area contributed by atoms with E-state index in [2.05, 4.69) is 6.58 Å². The summed E-state index contributed by atoms with van der Waals surface area (Å²) in [5.41, 5.74) is -3.53. The summed E-state index contributed by atoms with van der Waals surface area (Å²) in [6, 6.07) is 0. The van der Waals surface area contributed by atoms with Crippen LogP contribution in [0.3, 0.4) is 0 Å². The highest BCUT2D eigenvalue weighted by Crippen LogP contribution is 2.43. The van der Waals surface area contributed by atoms with Crippen LogP contribution < -0.4 is 0 Å². The first-order valence-corrected chi connectivity index (χ1v) is 8.69. The second-order valence-corrected chi connectivity index (χ2v) is 7.09. The SMILES string of the molecule is C=C(C)C(=O)OC1CCCC1C(CC)(CC)OCC(C)(O)C(F)(F)F. The number of carbonyl (C=O) groups is 1. The Balaban J connectivity index is 2.96. The van der Waals surface area contributed by atoms with Crippen LogP contribution >= 0.6 is 0 Å². The third-order valence-corrected chi connectivity index (χ3v) is 5.18. The highest BCUT2D eigenvalue weighted by Gasteiger charge is 2.53. The van der Waals surface area contributed by atoms with Gasteiger partial charge in [0.05, 0.1) is 12.2 Å². The van der Waals surface area contributed by atoms with Crippen LogP contribution in [0.2, 0.25) is 0 Å². The van der Waals surface area contributed by atoms with Crippen molar-refractivity contribution >= 4 is 5.97 Å². The second-order valence-electron chi connectivity index (χ2n) is 7.09. The molecule has 0 aliphatic heterocycles. The molecule has 0 spiro atoms. The molecule has 146 valence electrons. The highest BCUT2D eigenvalue weighted by atomic mass is 19.4. The van der Waals surface area contributed by atoms with Crippen LogP contribution in [0.15, 0.2) is 12.2 Å². The number of carbonyl (C=O) groups excluding carboxylic acids is 1. The molecule has 1 fully saturated rings. The maximum atomic E-state index is 12.9. The van der Waals surface area contributed by atoms with Gasteiger partial charge in [-0.15, -0.1) is 0 Å². The van der Waals surface area contributed by atoms with Crippen molar-refractivity contribution in [1.29, 1.82) is 0 Å². The van der Waals surface area contributed by atoms with Crippen molar-refractivity contribution in [3.63, 3.8) is 0 Å². The summed E-state index contributed by atoms with van der Waals surface area (Å²) in [5.74, 6) is -0.713. The Bertz CT molecular complexity index is 481. The normalized spacial score (nSPS) is 24.0. The van der Waals surface area contributed by atoms with Gasteiger partial charge in [0.25, 0.3) is 0 Å². The molecular formula is C18H29F3O4. The van der Waals surface area contributed by atoms with E-state index in [9.17, 15) is 23.1 Å². The van der Waals surface area contributed by atoms with Gasteiger partial charge >= 0.3 is 12.1 Å². The summed E-state index contributed by atoms with van der Waals surface area (Å²) in [4.78, 5) is 11.8. The summed E-state index contributed by atoms with van der Waals surface area (Å²) in [7, 11) is 0. The summed E-state index contributed by atoms with van der Waals surface area (Å²) in [6.45, 7) is 8.63. The number of hydrogen-bond acceptors (Lipinski definition) is 4. The molecule has 0 aromatic heterocycles. The average molecular weight is 366 g/mol. The lowest BCUT2D eigenvalue weighted by Gasteiger charge is -2.42. The topological polar surface area (TPSA) is 55.8 Å². The quantitative estimate of drug-likeness (QED) is 0.518. The van der Waals surface area contributed by atoms with Crippen LogP contribution in [0.1, 0.15) is 59.8 Å². The van der Waals surface area contributed by atoms with Gasteiger partial charge in [-0.2, -0.15) is 13.2 Å².